The number of amides is 2. The Labute approximate surface area is 125 Å². The minimum atomic E-state index is -0.121. The van der Waals surface area contributed by atoms with E-state index in [1.54, 1.807) is 0 Å². The molecule has 0 bridgehead atoms. The highest BCUT2D eigenvalue weighted by Gasteiger charge is 2.49. The SMILES string of the molecule is CC(NC(=O)C1CC1C(=O)N1CCCC1)c1ccccc1. The maximum Gasteiger partial charge on any atom is 0.226 e. The third-order valence-electron chi connectivity index (χ3n) is 4.52. The van der Waals surface area contributed by atoms with Gasteiger partial charge in [-0.25, -0.2) is 0 Å². The van der Waals surface area contributed by atoms with Gasteiger partial charge in [0, 0.05) is 13.1 Å². The van der Waals surface area contributed by atoms with Crippen LogP contribution in [0.1, 0.15) is 37.8 Å². The molecule has 1 N–H and O–H groups in total. The van der Waals surface area contributed by atoms with Crippen LogP contribution in [0.25, 0.3) is 0 Å². The lowest BCUT2D eigenvalue weighted by Crippen LogP contribution is -2.33. The first-order valence-corrected chi connectivity index (χ1v) is 7.81. The fourth-order valence-electron chi connectivity index (χ4n) is 3.08. The number of hydrogen-bond donors (Lipinski definition) is 1. The van der Waals surface area contributed by atoms with Crippen LogP contribution >= 0.6 is 0 Å². The van der Waals surface area contributed by atoms with E-state index in [0.717, 1.165) is 31.5 Å². The maximum atomic E-state index is 12.2. The standard InChI is InChI=1S/C17H22N2O2/c1-12(13-7-3-2-4-8-13)18-16(20)14-11-15(14)17(21)19-9-5-6-10-19/h2-4,7-8,12,14-15H,5-6,9-11H2,1H3,(H,18,20). The van der Waals surface area contributed by atoms with Gasteiger partial charge >= 0.3 is 0 Å². The molecule has 3 atom stereocenters. The van der Waals surface area contributed by atoms with Gasteiger partial charge in [-0.1, -0.05) is 30.3 Å². The molecule has 2 aliphatic rings. The highest BCUT2D eigenvalue weighted by atomic mass is 16.2. The van der Waals surface area contributed by atoms with Crippen LogP contribution in [-0.4, -0.2) is 29.8 Å². The van der Waals surface area contributed by atoms with Crippen molar-refractivity contribution in [3.05, 3.63) is 35.9 Å². The molecular weight excluding hydrogens is 264 g/mol. The molecule has 1 heterocycles. The van der Waals surface area contributed by atoms with E-state index in [-0.39, 0.29) is 29.7 Å². The Balaban J connectivity index is 1.52. The average Bonchev–Trinajstić information content (AvgIpc) is 3.13. The Bertz CT molecular complexity index is 523. The molecule has 112 valence electrons. The number of hydrogen-bond acceptors (Lipinski definition) is 2. The molecular formula is C17H22N2O2. The molecule has 3 unspecified atom stereocenters. The summed E-state index contributed by atoms with van der Waals surface area (Å²) in [5, 5.41) is 3.02. The summed E-state index contributed by atoms with van der Waals surface area (Å²) in [7, 11) is 0. The predicted octanol–water partition coefficient (Wildman–Crippen LogP) is 2.12. The number of carbonyl (C=O) groups excluding carboxylic acids is 2. The second-order valence-corrected chi connectivity index (χ2v) is 6.12. The molecule has 4 nitrogen and oxygen atoms in total. The van der Waals surface area contributed by atoms with Gasteiger partial charge in [-0.3, -0.25) is 9.59 Å². The topological polar surface area (TPSA) is 49.4 Å². The number of nitrogens with zero attached hydrogens (tertiary/aromatic N) is 1. The summed E-state index contributed by atoms with van der Waals surface area (Å²) >= 11 is 0. The lowest BCUT2D eigenvalue weighted by Gasteiger charge is -2.16. The minimum Gasteiger partial charge on any atom is -0.349 e. The van der Waals surface area contributed by atoms with Gasteiger partial charge in [0.05, 0.1) is 17.9 Å². The summed E-state index contributed by atoms with van der Waals surface area (Å²) in [6, 6.07) is 9.89. The van der Waals surface area contributed by atoms with E-state index >= 15 is 0 Å². The predicted molar refractivity (Wildman–Crippen MR) is 80.4 cm³/mol. The molecule has 0 aromatic heterocycles. The van der Waals surface area contributed by atoms with Gasteiger partial charge in [-0.05, 0) is 31.7 Å². The minimum absolute atomic E-state index is 0.0122. The van der Waals surface area contributed by atoms with E-state index in [9.17, 15) is 9.59 Å². The van der Waals surface area contributed by atoms with Gasteiger partial charge in [-0.15, -0.1) is 0 Å². The van der Waals surface area contributed by atoms with Crippen LogP contribution in [0.2, 0.25) is 0 Å². The van der Waals surface area contributed by atoms with Gasteiger partial charge in [0.15, 0.2) is 0 Å². The number of nitrogens with one attached hydrogen (secondary N) is 1. The molecule has 1 aromatic rings. The first-order chi connectivity index (χ1) is 10.2. The van der Waals surface area contributed by atoms with Crippen molar-refractivity contribution in [1.82, 2.24) is 10.2 Å². The van der Waals surface area contributed by atoms with Gasteiger partial charge in [-0.2, -0.15) is 0 Å². The second-order valence-electron chi connectivity index (χ2n) is 6.12. The van der Waals surface area contributed by atoms with E-state index in [1.165, 1.54) is 0 Å². The summed E-state index contributed by atoms with van der Waals surface area (Å²) in [6.45, 7) is 3.71. The van der Waals surface area contributed by atoms with Crippen LogP contribution in [0.15, 0.2) is 30.3 Å². The zero-order valence-corrected chi connectivity index (χ0v) is 12.4. The number of benzene rings is 1. The summed E-state index contributed by atoms with van der Waals surface area (Å²) in [5.41, 5.74) is 1.09. The summed E-state index contributed by atoms with van der Waals surface area (Å²) in [5.74, 6) is -0.000695. The van der Waals surface area contributed by atoms with Crippen LogP contribution in [0, 0.1) is 11.8 Å². The highest BCUT2D eigenvalue weighted by molar-refractivity contribution is 5.92. The zero-order valence-electron chi connectivity index (χ0n) is 12.4. The van der Waals surface area contributed by atoms with Crippen LogP contribution in [0.5, 0.6) is 0 Å². The number of rotatable bonds is 4. The van der Waals surface area contributed by atoms with Crippen LogP contribution in [0.4, 0.5) is 0 Å². The molecule has 1 aliphatic heterocycles. The summed E-state index contributed by atoms with van der Waals surface area (Å²) in [6.07, 6.45) is 2.91. The van der Waals surface area contributed by atoms with E-state index in [2.05, 4.69) is 5.32 Å². The van der Waals surface area contributed by atoms with Crippen molar-refractivity contribution in [3.8, 4) is 0 Å². The van der Waals surface area contributed by atoms with E-state index in [0.29, 0.717) is 6.42 Å². The lowest BCUT2D eigenvalue weighted by molar-refractivity contribution is -0.133. The molecule has 1 saturated carbocycles. The smallest absolute Gasteiger partial charge is 0.226 e. The van der Waals surface area contributed by atoms with E-state index in [4.69, 9.17) is 0 Å². The molecule has 0 radical (unpaired) electrons. The highest BCUT2D eigenvalue weighted by Crippen LogP contribution is 2.41. The van der Waals surface area contributed by atoms with Crippen molar-refractivity contribution >= 4 is 11.8 Å². The number of carbonyl (C=O) groups is 2. The number of likely N-dealkylation sites (tertiary alicyclic amines) is 1. The fraction of sp³-hybridized carbons (Fsp3) is 0.529. The quantitative estimate of drug-likeness (QED) is 0.921. The maximum absolute atomic E-state index is 12.2. The molecule has 2 fully saturated rings. The lowest BCUT2D eigenvalue weighted by atomic mass is 10.1. The van der Waals surface area contributed by atoms with Crippen molar-refractivity contribution in [2.24, 2.45) is 11.8 Å². The first kappa shape index (κ1) is 14.1. The van der Waals surface area contributed by atoms with Gasteiger partial charge in [0.25, 0.3) is 0 Å². The van der Waals surface area contributed by atoms with Crippen molar-refractivity contribution < 1.29 is 9.59 Å². The molecule has 2 amide bonds. The molecule has 1 aromatic carbocycles. The van der Waals surface area contributed by atoms with Crippen LogP contribution in [-0.2, 0) is 9.59 Å². The zero-order chi connectivity index (χ0) is 14.8. The molecule has 21 heavy (non-hydrogen) atoms. The second kappa shape index (κ2) is 5.88. The fourth-order valence-corrected chi connectivity index (χ4v) is 3.08. The Hall–Kier alpha value is -1.84. The molecule has 1 aliphatic carbocycles. The van der Waals surface area contributed by atoms with Crippen molar-refractivity contribution in [2.45, 2.75) is 32.2 Å². The monoisotopic (exact) mass is 286 g/mol. The largest absolute Gasteiger partial charge is 0.349 e. The van der Waals surface area contributed by atoms with Gasteiger partial charge in [0.1, 0.15) is 0 Å². The third kappa shape index (κ3) is 3.09. The molecule has 3 rings (SSSR count). The summed E-state index contributed by atoms with van der Waals surface area (Å²) < 4.78 is 0. The average molecular weight is 286 g/mol. The van der Waals surface area contributed by atoms with Crippen LogP contribution in [0.3, 0.4) is 0 Å². The van der Waals surface area contributed by atoms with E-state index in [1.807, 2.05) is 42.2 Å². The van der Waals surface area contributed by atoms with Crippen LogP contribution < -0.4 is 5.32 Å². The van der Waals surface area contributed by atoms with Crippen molar-refractivity contribution in [2.75, 3.05) is 13.1 Å². The Morgan fingerprint density at radius 3 is 2.48 bits per heavy atom. The Kier molecular flexibility index (Phi) is 3.95. The Morgan fingerprint density at radius 2 is 1.81 bits per heavy atom. The summed E-state index contributed by atoms with van der Waals surface area (Å²) in [4.78, 5) is 26.4. The third-order valence-corrected chi connectivity index (χ3v) is 4.52. The normalized spacial score (nSPS) is 25.5. The molecule has 1 saturated heterocycles. The van der Waals surface area contributed by atoms with Gasteiger partial charge in [0.2, 0.25) is 11.8 Å². The first-order valence-electron chi connectivity index (χ1n) is 7.81. The van der Waals surface area contributed by atoms with Crippen molar-refractivity contribution in [1.29, 1.82) is 0 Å². The van der Waals surface area contributed by atoms with Gasteiger partial charge < -0.3 is 10.2 Å². The van der Waals surface area contributed by atoms with Crippen molar-refractivity contribution in [3.63, 3.8) is 0 Å². The molecule has 0 spiro atoms. The molecule has 4 heteroatoms. The Morgan fingerprint density at radius 1 is 1.14 bits per heavy atom. The van der Waals surface area contributed by atoms with E-state index < -0.39 is 0 Å².